The smallest absolute Gasteiger partial charge is 0.137 e. The van der Waals surface area contributed by atoms with Gasteiger partial charge in [-0.3, -0.25) is 4.98 Å². The fourth-order valence-corrected chi connectivity index (χ4v) is 1.51. The third-order valence-corrected chi connectivity index (χ3v) is 2.28. The fraction of sp³-hybridized carbons (Fsp3) is 0.167. The number of nitrogens with zero attached hydrogens (tertiary/aromatic N) is 1. The summed E-state index contributed by atoms with van der Waals surface area (Å²) >= 11 is 0. The molecular formula is C12H12N2O. The van der Waals surface area contributed by atoms with E-state index in [0.29, 0.717) is 6.42 Å². The Balaban J connectivity index is 2.34. The van der Waals surface area contributed by atoms with Gasteiger partial charge in [0.05, 0.1) is 11.6 Å². The van der Waals surface area contributed by atoms with Gasteiger partial charge in [0.1, 0.15) is 6.29 Å². The van der Waals surface area contributed by atoms with Gasteiger partial charge >= 0.3 is 0 Å². The van der Waals surface area contributed by atoms with Crippen molar-refractivity contribution in [3.05, 3.63) is 42.1 Å². The predicted molar refractivity (Wildman–Crippen MR) is 59.5 cm³/mol. The van der Waals surface area contributed by atoms with Crippen LogP contribution >= 0.6 is 0 Å². The van der Waals surface area contributed by atoms with Gasteiger partial charge in [0.25, 0.3) is 0 Å². The zero-order valence-corrected chi connectivity index (χ0v) is 8.26. The van der Waals surface area contributed by atoms with E-state index in [9.17, 15) is 4.79 Å². The Bertz CT molecular complexity index is 482. The topological polar surface area (TPSA) is 56.0 Å². The lowest BCUT2D eigenvalue weighted by Crippen LogP contribution is -2.24. The Morgan fingerprint density at radius 3 is 2.87 bits per heavy atom. The van der Waals surface area contributed by atoms with Crippen LogP contribution in [0.15, 0.2) is 36.4 Å². The lowest BCUT2D eigenvalue weighted by Gasteiger charge is -2.04. The minimum atomic E-state index is -0.460. The average molecular weight is 200 g/mol. The van der Waals surface area contributed by atoms with Gasteiger partial charge in [0.2, 0.25) is 0 Å². The number of para-hydroxylation sites is 1. The number of fused-ring (bicyclic) bond motifs is 1. The van der Waals surface area contributed by atoms with E-state index in [-0.39, 0.29) is 0 Å². The first kappa shape index (κ1) is 9.80. The Morgan fingerprint density at radius 1 is 1.27 bits per heavy atom. The van der Waals surface area contributed by atoms with E-state index in [4.69, 9.17) is 5.73 Å². The van der Waals surface area contributed by atoms with Crippen LogP contribution in [0.3, 0.4) is 0 Å². The molecule has 3 heteroatoms. The van der Waals surface area contributed by atoms with Crippen LogP contribution in [-0.2, 0) is 11.2 Å². The van der Waals surface area contributed by atoms with Gasteiger partial charge in [0.15, 0.2) is 0 Å². The molecule has 0 bridgehead atoms. The molecule has 0 radical (unpaired) electrons. The molecule has 2 aromatic rings. The third-order valence-electron chi connectivity index (χ3n) is 2.28. The summed E-state index contributed by atoms with van der Waals surface area (Å²) in [5.41, 5.74) is 7.33. The van der Waals surface area contributed by atoms with Crippen LogP contribution in [0.25, 0.3) is 10.9 Å². The quantitative estimate of drug-likeness (QED) is 0.760. The van der Waals surface area contributed by atoms with Gasteiger partial charge in [-0.25, -0.2) is 0 Å². The van der Waals surface area contributed by atoms with Gasteiger partial charge < -0.3 is 10.5 Å². The van der Waals surface area contributed by atoms with Crippen LogP contribution in [0, 0.1) is 0 Å². The van der Waals surface area contributed by atoms with Gasteiger partial charge in [-0.1, -0.05) is 24.3 Å². The largest absolute Gasteiger partial charge is 0.321 e. The minimum absolute atomic E-state index is 0.460. The molecule has 2 N–H and O–H groups in total. The molecule has 0 aliphatic heterocycles. The second-order valence-electron chi connectivity index (χ2n) is 3.50. The van der Waals surface area contributed by atoms with Crippen molar-refractivity contribution >= 4 is 17.2 Å². The molecular weight excluding hydrogens is 188 g/mol. The molecule has 1 aromatic heterocycles. The maximum Gasteiger partial charge on any atom is 0.137 e. The first-order valence-corrected chi connectivity index (χ1v) is 4.85. The highest BCUT2D eigenvalue weighted by atomic mass is 16.1. The Kier molecular flexibility index (Phi) is 2.74. The van der Waals surface area contributed by atoms with Gasteiger partial charge in [0, 0.05) is 17.5 Å². The van der Waals surface area contributed by atoms with Crippen molar-refractivity contribution in [2.75, 3.05) is 0 Å². The number of aldehydes is 1. The summed E-state index contributed by atoms with van der Waals surface area (Å²) in [7, 11) is 0. The molecule has 0 unspecified atom stereocenters. The van der Waals surface area contributed by atoms with Crippen LogP contribution in [-0.4, -0.2) is 17.3 Å². The van der Waals surface area contributed by atoms with E-state index in [1.165, 1.54) is 0 Å². The highest BCUT2D eigenvalue weighted by Gasteiger charge is 2.03. The standard InChI is InChI=1S/C12H12N2O/c13-10(8-15)7-11-6-5-9-3-1-2-4-12(9)14-11/h1-6,8,10H,7,13H2/t10-/m1/s1. The monoisotopic (exact) mass is 200 g/mol. The van der Waals surface area contributed by atoms with Crippen molar-refractivity contribution in [2.24, 2.45) is 5.73 Å². The highest BCUT2D eigenvalue weighted by Crippen LogP contribution is 2.12. The number of benzene rings is 1. The van der Waals surface area contributed by atoms with E-state index >= 15 is 0 Å². The van der Waals surface area contributed by atoms with Crippen molar-refractivity contribution in [2.45, 2.75) is 12.5 Å². The highest BCUT2D eigenvalue weighted by molar-refractivity contribution is 5.78. The van der Waals surface area contributed by atoms with Gasteiger partial charge in [-0.2, -0.15) is 0 Å². The lowest BCUT2D eigenvalue weighted by molar-refractivity contribution is -0.108. The number of aromatic nitrogens is 1. The summed E-state index contributed by atoms with van der Waals surface area (Å²) in [6.45, 7) is 0. The van der Waals surface area contributed by atoms with E-state index in [1.807, 2.05) is 36.4 Å². The minimum Gasteiger partial charge on any atom is -0.321 e. The molecule has 0 aliphatic carbocycles. The van der Waals surface area contributed by atoms with E-state index in [0.717, 1.165) is 22.9 Å². The second-order valence-corrected chi connectivity index (χ2v) is 3.50. The molecule has 3 nitrogen and oxygen atoms in total. The summed E-state index contributed by atoms with van der Waals surface area (Å²) in [6.07, 6.45) is 1.24. The number of hydrogen-bond acceptors (Lipinski definition) is 3. The SMILES string of the molecule is N[C@@H](C=O)Cc1ccc2ccccc2n1. The average Bonchev–Trinajstić information content (AvgIpc) is 2.29. The molecule has 0 aliphatic rings. The second kappa shape index (κ2) is 4.19. The first-order chi connectivity index (χ1) is 7.29. The van der Waals surface area contributed by atoms with E-state index < -0.39 is 6.04 Å². The van der Waals surface area contributed by atoms with Crippen molar-refractivity contribution < 1.29 is 4.79 Å². The molecule has 0 fully saturated rings. The van der Waals surface area contributed by atoms with Crippen LogP contribution in [0.4, 0.5) is 0 Å². The zero-order valence-electron chi connectivity index (χ0n) is 8.26. The van der Waals surface area contributed by atoms with Crippen molar-refractivity contribution in [3.8, 4) is 0 Å². The fourth-order valence-electron chi connectivity index (χ4n) is 1.51. The summed E-state index contributed by atoms with van der Waals surface area (Å²) in [6, 6.07) is 11.3. The molecule has 76 valence electrons. The number of hydrogen-bond donors (Lipinski definition) is 1. The number of rotatable bonds is 3. The van der Waals surface area contributed by atoms with Gasteiger partial charge in [-0.05, 0) is 12.1 Å². The predicted octanol–water partition coefficient (Wildman–Crippen LogP) is 1.30. The molecule has 2 rings (SSSR count). The maximum atomic E-state index is 10.4. The van der Waals surface area contributed by atoms with Crippen LogP contribution in [0.5, 0.6) is 0 Å². The summed E-state index contributed by atoms with van der Waals surface area (Å²) in [4.78, 5) is 14.8. The Morgan fingerprint density at radius 2 is 2.07 bits per heavy atom. The van der Waals surface area contributed by atoms with Crippen molar-refractivity contribution in [3.63, 3.8) is 0 Å². The number of pyridine rings is 1. The first-order valence-electron chi connectivity index (χ1n) is 4.85. The number of carbonyl (C=O) groups excluding carboxylic acids is 1. The molecule has 1 heterocycles. The molecule has 15 heavy (non-hydrogen) atoms. The number of carbonyl (C=O) groups is 1. The molecule has 1 atom stereocenters. The molecule has 0 saturated carbocycles. The Labute approximate surface area is 87.9 Å². The molecule has 1 aromatic carbocycles. The molecule has 0 spiro atoms. The van der Waals surface area contributed by atoms with Crippen LogP contribution in [0.2, 0.25) is 0 Å². The zero-order chi connectivity index (χ0) is 10.7. The molecule has 0 saturated heterocycles. The van der Waals surface area contributed by atoms with Gasteiger partial charge in [-0.15, -0.1) is 0 Å². The normalized spacial score (nSPS) is 12.6. The van der Waals surface area contributed by atoms with E-state index in [2.05, 4.69) is 4.98 Å². The van der Waals surface area contributed by atoms with E-state index in [1.54, 1.807) is 0 Å². The summed E-state index contributed by atoms with van der Waals surface area (Å²) in [5.74, 6) is 0. The maximum absolute atomic E-state index is 10.4. The third kappa shape index (κ3) is 2.19. The van der Waals surface area contributed by atoms with Crippen LogP contribution < -0.4 is 5.73 Å². The summed E-state index contributed by atoms with van der Waals surface area (Å²) in [5, 5.41) is 1.10. The van der Waals surface area contributed by atoms with Crippen molar-refractivity contribution in [1.82, 2.24) is 4.98 Å². The summed E-state index contributed by atoms with van der Waals surface area (Å²) < 4.78 is 0. The lowest BCUT2D eigenvalue weighted by atomic mass is 10.1. The van der Waals surface area contributed by atoms with Crippen molar-refractivity contribution in [1.29, 1.82) is 0 Å². The number of nitrogens with two attached hydrogens (primary N) is 1. The Hall–Kier alpha value is -1.74. The molecule has 0 amide bonds. The van der Waals surface area contributed by atoms with Crippen LogP contribution in [0.1, 0.15) is 5.69 Å².